The molecule has 0 aliphatic heterocycles. The molecule has 0 fully saturated rings. The Bertz CT molecular complexity index is 499. The standard InChI is InChI=1S/C12H8BrClFN/c13-6-9-5-12(16-7-11(9)14)8-1-3-10(15)4-2-8/h1-5,7H,6H2. The molecule has 1 nitrogen and oxygen atoms in total. The van der Waals surface area contributed by atoms with Crippen LogP contribution in [-0.2, 0) is 5.33 Å². The minimum absolute atomic E-state index is 0.251. The lowest BCUT2D eigenvalue weighted by Crippen LogP contribution is -1.88. The third-order valence-electron chi connectivity index (χ3n) is 2.22. The molecular weight excluding hydrogens is 292 g/mol. The van der Waals surface area contributed by atoms with E-state index in [9.17, 15) is 4.39 Å². The molecular formula is C12H8BrClFN. The first-order chi connectivity index (χ1) is 7.70. The average Bonchev–Trinajstić information content (AvgIpc) is 2.31. The minimum Gasteiger partial charge on any atom is -0.255 e. The van der Waals surface area contributed by atoms with Gasteiger partial charge in [0.25, 0.3) is 0 Å². The number of alkyl halides is 1. The molecule has 0 saturated carbocycles. The maximum Gasteiger partial charge on any atom is 0.123 e. The molecule has 0 unspecified atom stereocenters. The summed E-state index contributed by atoms with van der Waals surface area (Å²) in [6.07, 6.45) is 1.61. The fourth-order valence-electron chi connectivity index (χ4n) is 1.36. The lowest BCUT2D eigenvalue weighted by Gasteiger charge is -2.04. The molecule has 0 aliphatic carbocycles. The summed E-state index contributed by atoms with van der Waals surface area (Å²) in [4.78, 5) is 4.21. The van der Waals surface area contributed by atoms with Gasteiger partial charge in [0.1, 0.15) is 5.82 Å². The fraction of sp³-hybridized carbons (Fsp3) is 0.0833. The number of pyridine rings is 1. The molecule has 0 saturated heterocycles. The first-order valence-electron chi connectivity index (χ1n) is 4.67. The zero-order valence-corrected chi connectivity index (χ0v) is 10.6. The number of hydrogen-bond donors (Lipinski definition) is 0. The van der Waals surface area contributed by atoms with Crippen LogP contribution >= 0.6 is 27.5 Å². The Hall–Kier alpha value is -0.930. The molecule has 0 aliphatic rings. The summed E-state index contributed by atoms with van der Waals surface area (Å²) in [6, 6.07) is 8.12. The molecule has 0 spiro atoms. The Morgan fingerprint density at radius 3 is 2.56 bits per heavy atom. The van der Waals surface area contributed by atoms with E-state index in [1.807, 2.05) is 6.07 Å². The second-order valence-electron chi connectivity index (χ2n) is 3.30. The Morgan fingerprint density at radius 1 is 1.25 bits per heavy atom. The SMILES string of the molecule is Fc1ccc(-c2cc(CBr)c(Cl)cn2)cc1. The van der Waals surface area contributed by atoms with E-state index in [1.54, 1.807) is 18.3 Å². The topological polar surface area (TPSA) is 12.9 Å². The van der Waals surface area contributed by atoms with E-state index < -0.39 is 0 Å². The zero-order chi connectivity index (χ0) is 11.5. The van der Waals surface area contributed by atoms with E-state index in [4.69, 9.17) is 11.6 Å². The van der Waals surface area contributed by atoms with E-state index in [-0.39, 0.29) is 5.82 Å². The highest BCUT2D eigenvalue weighted by Gasteiger charge is 2.04. The third-order valence-corrected chi connectivity index (χ3v) is 3.16. The second kappa shape index (κ2) is 4.93. The van der Waals surface area contributed by atoms with Crippen LogP contribution in [0.15, 0.2) is 36.5 Å². The van der Waals surface area contributed by atoms with Crippen molar-refractivity contribution in [2.75, 3.05) is 0 Å². The molecule has 1 aromatic carbocycles. The molecule has 16 heavy (non-hydrogen) atoms. The molecule has 2 aromatic rings. The monoisotopic (exact) mass is 299 g/mol. The van der Waals surface area contributed by atoms with Gasteiger partial charge in [-0.3, -0.25) is 4.98 Å². The minimum atomic E-state index is -0.251. The quantitative estimate of drug-likeness (QED) is 0.747. The number of benzene rings is 1. The van der Waals surface area contributed by atoms with Crippen LogP contribution in [0.4, 0.5) is 4.39 Å². The fourth-order valence-corrected chi connectivity index (χ4v) is 2.16. The predicted octanol–water partition coefficient (Wildman–Crippen LogP) is 4.44. The van der Waals surface area contributed by atoms with Crippen molar-refractivity contribution in [3.8, 4) is 11.3 Å². The number of hydrogen-bond acceptors (Lipinski definition) is 1. The van der Waals surface area contributed by atoms with Gasteiger partial charge in [-0.1, -0.05) is 27.5 Å². The van der Waals surface area contributed by atoms with Gasteiger partial charge in [0, 0.05) is 17.1 Å². The maximum atomic E-state index is 12.8. The molecule has 4 heteroatoms. The largest absolute Gasteiger partial charge is 0.255 e. The van der Waals surface area contributed by atoms with Gasteiger partial charge >= 0.3 is 0 Å². The van der Waals surface area contributed by atoms with E-state index in [2.05, 4.69) is 20.9 Å². The molecule has 82 valence electrons. The van der Waals surface area contributed by atoms with Crippen LogP contribution in [0.2, 0.25) is 5.02 Å². The Morgan fingerprint density at radius 2 is 1.94 bits per heavy atom. The van der Waals surface area contributed by atoms with E-state index in [0.717, 1.165) is 16.8 Å². The highest BCUT2D eigenvalue weighted by atomic mass is 79.9. The summed E-state index contributed by atoms with van der Waals surface area (Å²) in [5, 5.41) is 1.30. The molecule has 0 amide bonds. The van der Waals surface area contributed by atoms with Crippen molar-refractivity contribution in [2.45, 2.75) is 5.33 Å². The van der Waals surface area contributed by atoms with Gasteiger partial charge in [0.2, 0.25) is 0 Å². The summed E-state index contributed by atoms with van der Waals surface area (Å²) in [6.45, 7) is 0. The van der Waals surface area contributed by atoms with E-state index in [0.29, 0.717) is 10.4 Å². The van der Waals surface area contributed by atoms with Gasteiger partial charge in [0.05, 0.1) is 10.7 Å². The molecule has 0 atom stereocenters. The lowest BCUT2D eigenvalue weighted by molar-refractivity contribution is 0.628. The maximum absolute atomic E-state index is 12.8. The Balaban J connectivity index is 2.44. The highest BCUT2D eigenvalue weighted by Crippen LogP contribution is 2.24. The lowest BCUT2D eigenvalue weighted by atomic mass is 10.1. The Labute approximate surface area is 106 Å². The second-order valence-corrected chi connectivity index (χ2v) is 4.27. The number of halogens is 3. The molecule has 1 heterocycles. The van der Waals surface area contributed by atoms with E-state index >= 15 is 0 Å². The number of rotatable bonds is 2. The van der Waals surface area contributed by atoms with Gasteiger partial charge in [-0.2, -0.15) is 0 Å². The van der Waals surface area contributed by atoms with Crippen molar-refractivity contribution in [1.82, 2.24) is 4.98 Å². The summed E-state index contributed by atoms with van der Waals surface area (Å²) in [5.41, 5.74) is 2.63. The number of aromatic nitrogens is 1. The normalized spacial score (nSPS) is 10.4. The van der Waals surface area contributed by atoms with Crippen LogP contribution in [0.25, 0.3) is 11.3 Å². The first kappa shape index (κ1) is 11.6. The molecule has 1 aromatic heterocycles. The third kappa shape index (κ3) is 2.42. The molecule has 0 radical (unpaired) electrons. The summed E-state index contributed by atoms with van der Waals surface area (Å²) >= 11 is 9.31. The first-order valence-corrected chi connectivity index (χ1v) is 6.17. The summed E-state index contributed by atoms with van der Waals surface area (Å²) in [7, 11) is 0. The van der Waals surface area contributed by atoms with Crippen molar-refractivity contribution in [1.29, 1.82) is 0 Å². The average molecular weight is 301 g/mol. The Kier molecular flexibility index (Phi) is 3.56. The van der Waals surface area contributed by atoms with Crippen LogP contribution in [-0.4, -0.2) is 4.98 Å². The van der Waals surface area contributed by atoms with Gasteiger partial charge < -0.3 is 0 Å². The van der Waals surface area contributed by atoms with Crippen molar-refractivity contribution in [3.63, 3.8) is 0 Å². The van der Waals surface area contributed by atoms with Crippen LogP contribution in [0.1, 0.15) is 5.56 Å². The highest BCUT2D eigenvalue weighted by molar-refractivity contribution is 9.08. The van der Waals surface area contributed by atoms with Crippen LogP contribution in [0, 0.1) is 5.82 Å². The van der Waals surface area contributed by atoms with Crippen molar-refractivity contribution in [3.05, 3.63) is 52.9 Å². The van der Waals surface area contributed by atoms with Crippen LogP contribution in [0.3, 0.4) is 0 Å². The van der Waals surface area contributed by atoms with Crippen LogP contribution in [0.5, 0.6) is 0 Å². The van der Waals surface area contributed by atoms with Gasteiger partial charge in [0.15, 0.2) is 0 Å². The van der Waals surface area contributed by atoms with Crippen molar-refractivity contribution in [2.24, 2.45) is 0 Å². The predicted molar refractivity (Wildman–Crippen MR) is 67.3 cm³/mol. The van der Waals surface area contributed by atoms with Crippen LogP contribution < -0.4 is 0 Å². The summed E-state index contributed by atoms with van der Waals surface area (Å²) < 4.78 is 12.8. The van der Waals surface area contributed by atoms with Crippen molar-refractivity contribution >= 4 is 27.5 Å². The number of nitrogens with zero attached hydrogens (tertiary/aromatic N) is 1. The zero-order valence-electron chi connectivity index (χ0n) is 8.25. The smallest absolute Gasteiger partial charge is 0.123 e. The molecule has 0 N–H and O–H groups in total. The summed E-state index contributed by atoms with van der Waals surface area (Å²) in [5.74, 6) is -0.251. The van der Waals surface area contributed by atoms with Crippen molar-refractivity contribution < 1.29 is 4.39 Å². The van der Waals surface area contributed by atoms with E-state index in [1.165, 1.54) is 12.1 Å². The van der Waals surface area contributed by atoms with Gasteiger partial charge in [-0.05, 0) is 35.9 Å². The molecule has 2 rings (SSSR count). The molecule has 0 bridgehead atoms. The van der Waals surface area contributed by atoms with Gasteiger partial charge in [-0.25, -0.2) is 4.39 Å². The van der Waals surface area contributed by atoms with Gasteiger partial charge in [-0.15, -0.1) is 0 Å².